The van der Waals surface area contributed by atoms with Crippen LogP contribution in [0, 0.1) is 5.41 Å². The summed E-state index contributed by atoms with van der Waals surface area (Å²) in [7, 11) is 3.13. The van der Waals surface area contributed by atoms with Crippen LogP contribution in [0.5, 0.6) is 17.2 Å². The van der Waals surface area contributed by atoms with Crippen molar-refractivity contribution in [3.8, 4) is 28.4 Å². The number of Topliss-reactive ketones (excluding diaryl/α,β-unsaturated/α-hetero) is 1. The van der Waals surface area contributed by atoms with Gasteiger partial charge in [0.2, 0.25) is 5.75 Å². The van der Waals surface area contributed by atoms with Crippen LogP contribution in [0.3, 0.4) is 0 Å². The second-order valence-corrected chi connectivity index (χ2v) is 7.72. The van der Waals surface area contributed by atoms with E-state index in [0.717, 1.165) is 35.1 Å². The molecule has 2 aromatic carbocycles. The molecule has 4 rings (SSSR count). The van der Waals surface area contributed by atoms with Gasteiger partial charge in [0, 0.05) is 17.5 Å². The molecule has 0 N–H and O–H groups in total. The number of methoxy groups -OCH3 is 2. The Morgan fingerprint density at radius 2 is 1.73 bits per heavy atom. The van der Waals surface area contributed by atoms with Crippen LogP contribution >= 0.6 is 0 Å². The third-order valence-electron chi connectivity index (χ3n) is 5.92. The van der Waals surface area contributed by atoms with Gasteiger partial charge in [0.1, 0.15) is 12.0 Å². The minimum absolute atomic E-state index is 0.161. The first kappa shape index (κ1) is 20.3. The zero-order chi connectivity index (χ0) is 21.3. The quantitative estimate of drug-likeness (QED) is 0.607. The highest BCUT2D eigenvalue weighted by Crippen LogP contribution is 2.51. The molecule has 1 fully saturated rings. The zero-order valence-electron chi connectivity index (χ0n) is 17.6. The van der Waals surface area contributed by atoms with Gasteiger partial charge in [-0.3, -0.25) is 9.59 Å². The fourth-order valence-electron chi connectivity index (χ4n) is 4.05. The van der Waals surface area contributed by atoms with Crippen molar-refractivity contribution in [2.75, 3.05) is 27.4 Å². The maximum absolute atomic E-state index is 12.4. The molecule has 30 heavy (non-hydrogen) atoms. The minimum atomic E-state index is -0.601. The van der Waals surface area contributed by atoms with Crippen LogP contribution in [0.4, 0.5) is 0 Å². The van der Waals surface area contributed by atoms with Crippen molar-refractivity contribution >= 4 is 11.8 Å². The first-order valence-corrected chi connectivity index (χ1v) is 10.2. The summed E-state index contributed by atoms with van der Waals surface area (Å²) in [5.74, 6) is 1.46. The summed E-state index contributed by atoms with van der Waals surface area (Å²) in [5, 5.41) is 0. The Bertz CT molecular complexity index is 989. The van der Waals surface area contributed by atoms with Crippen molar-refractivity contribution in [1.82, 2.24) is 0 Å². The van der Waals surface area contributed by atoms with Gasteiger partial charge in [-0.2, -0.15) is 0 Å². The lowest BCUT2D eigenvalue weighted by atomic mass is 9.95. The fourth-order valence-corrected chi connectivity index (χ4v) is 4.05. The van der Waals surface area contributed by atoms with E-state index < -0.39 is 5.41 Å². The molecule has 0 heterocycles. The molecule has 0 aliphatic heterocycles. The van der Waals surface area contributed by atoms with Crippen LogP contribution in [0.15, 0.2) is 30.3 Å². The summed E-state index contributed by atoms with van der Waals surface area (Å²) in [5.41, 5.74) is 2.94. The highest BCUT2D eigenvalue weighted by Gasteiger charge is 2.52. The Balaban J connectivity index is 1.76. The molecule has 0 unspecified atom stereocenters. The molecule has 0 radical (unpaired) electrons. The monoisotopic (exact) mass is 410 g/mol. The van der Waals surface area contributed by atoms with Crippen LogP contribution in [0.25, 0.3) is 11.1 Å². The van der Waals surface area contributed by atoms with E-state index in [2.05, 4.69) is 0 Å². The Morgan fingerprint density at radius 3 is 2.40 bits per heavy atom. The van der Waals surface area contributed by atoms with Gasteiger partial charge in [-0.15, -0.1) is 0 Å². The SMILES string of the molecule is CCOC(=O)C1(COc2c(-c3cccc4c3CCC4=O)ccc(OC)c2OC)CC1. The van der Waals surface area contributed by atoms with Gasteiger partial charge in [0.15, 0.2) is 17.3 Å². The number of ketones is 1. The molecule has 158 valence electrons. The number of benzene rings is 2. The maximum atomic E-state index is 12.4. The molecule has 0 bridgehead atoms. The van der Waals surface area contributed by atoms with E-state index in [1.807, 2.05) is 30.3 Å². The lowest BCUT2D eigenvalue weighted by molar-refractivity contribution is -0.150. The Kier molecular flexibility index (Phi) is 5.41. The summed E-state index contributed by atoms with van der Waals surface area (Å²) in [4.78, 5) is 24.6. The molecule has 0 spiro atoms. The lowest BCUT2D eigenvalue weighted by Gasteiger charge is -2.21. The normalized spacial score (nSPS) is 16.0. The number of carbonyl (C=O) groups is 2. The molecule has 2 aliphatic carbocycles. The van der Waals surface area contributed by atoms with Crippen molar-refractivity contribution in [3.05, 3.63) is 41.5 Å². The molecule has 2 aromatic rings. The van der Waals surface area contributed by atoms with E-state index in [9.17, 15) is 9.59 Å². The van der Waals surface area contributed by atoms with Crippen molar-refractivity contribution in [3.63, 3.8) is 0 Å². The number of carbonyl (C=O) groups excluding carboxylic acids is 2. The fraction of sp³-hybridized carbons (Fsp3) is 0.417. The summed E-state index contributed by atoms with van der Waals surface area (Å²) in [6.45, 7) is 2.35. The molecule has 2 aliphatic rings. The largest absolute Gasteiger partial charge is 0.493 e. The number of esters is 1. The zero-order valence-corrected chi connectivity index (χ0v) is 17.6. The first-order valence-electron chi connectivity index (χ1n) is 10.2. The van der Waals surface area contributed by atoms with E-state index in [1.165, 1.54) is 0 Å². The summed E-state index contributed by atoms with van der Waals surface area (Å²) in [6.07, 6.45) is 2.69. The van der Waals surface area contributed by atoms with Gasteiger partial charge in [0.25, 0.3) is 0 Å². The number of rotatable bonds is 8. The first-order chi connectivity index (χ1) is 14.5. The molecule has 6 heteroatoms. The van der Waals surface area contributed by atoms with Gasteiger partial charge < -0.3 is 18.9 Å². The molecule has 6 nitrogen and oxygen atoms in total. The second-order valence-electron chi connectivity index (χ2n) is 7.72. The van der Waals surface area contributed by atoms with Crippen molar-refractivity contribution in [2.45, 2.75) is 32.6 Å². The number of hydrogen-bond donors (Lipinski definition) is 0. The molecule has 0 amide bonds. The number of hydrogen-bond acceptors (Lipinski definition) is 6. The highest BCUT2D eigenvalue weighted by molar-refractivity contribution is 6.02. The Hall–Kier alpha value is -3.02. The lowest BCUT2D eigenvalue weighted by Crippen LogP contribution is -2.26. The minimum Gasteiger partial charge on any atom is -0.493 e. The standard InChI is InChI=1S/C24H26O6/c1-4-29-23(26)24(12-13-24)14-30-21-18(9-11-20(27-2)22(21)28-3)15-6-5-7-17-16(15)8-10-19(17)25/h5-7,9,11H,4,8,10,12-14H2,1-3H3. The average Bonchev–Trinajstić information content (AvgIpc) is 3.47. The van der Waals surface area contributed by atoms with E-state index in [0.29, 0.717) is 36.7 Å². The van der Waals surface area contributed by atoms with E-state index in [1.54, 1.807) is 21.1 Å². The highest BCUT2D eigenvalue weighted by atomic mass is 16.5. The average molecular weight is 410 g/mol. The molecular formula is C24H26O6. The van der Waals surface area contributed by atoms with Gasteiger partial charge >= 0.3 is 5.97 Å². The van der Waals surface area contributed by atoms with Crippen LogP contribution in [0.2, 0.25) is 0 Å². The maximum Gasteiger partial charge on any atom is 0.315 e. The molecule has 0 atom stereocenters. The number of ether oxygens (including phenoxy) is 4. The third-order valence-corrected chi connectivity index (χ3v) is 5.92. The van der Waals surface area contributed by atoms with Crippen LogP contribution in [0.1, 0.15) is 42.1 Å². The Morgan fingerprint density at radius 1 is 0.967 bits per heavy atom. The summed E-state index contributed by atoms with van der Waals surface area (Å²) < 4.78 is 22.6. The van der Waals surface area contributed by atoms with Gasteiger partial charge in [0.05, 0.1) is 20.8 Å². The van der Waals surface area contributed by atoms with Crippen LogP contribution < -0.4 is 14.2 Å². The van der Waals surface area contributed by atoms with Gasteiger partial charge in [-0.05, 0) is 49.4 Å². The molecule has 0 saturated heterocycles. The van der Waals surface area contributed by atoms with Crippen molar-refractivity contribution in [2.24, 2.45) is 5.41 Å². The molecular weight excluding hydrogens is 384 g/mol. The van der Waals surface area contributed by atoms with Crippen molar-refractivity contribution < 1.29 is 28.5 Å². The van der Waals surface area contributed by atoms with Crippen molar-refractivity contribution in [1.29, 1.82) is 0 Å². The smallest absolute Gasteiger partial charge is 0.315 e. The third kappa shape index (κ3) is 3.40. The van der Waals surface area contributed by atoms with E-state index in [4.69, 9.17) is 18.9 Å². The van der Waals surface area contributed by atoms with Crippen LogP contribution in [-0.4, -0.2) is 39.2 Å². The number of fused-ring (bicyclic) bond motifs is 1. The second kappa shape index (κ2) is 8.01. The van der Waals surface area contributed by atoms with Gasteiger partial charge in [-0.25, -0.2) is 0 Å². The Labute approximate surface area is 176 Å². The van der Waals surface area contributed by atoms with E-state index in [-0.39, 0.29) is 18.4 Å². The summed E-state index contributed by atoms with van der Waals surface area (Å²) >= 11 is 0. The topological polar surface area (TPSA) is 71.1 Å². The molecule has 1 saturated carbocycles. The predicted molar refractivity (Wildman–Crippen MR) is 111 cm³/mol. The van der Waals surface area contributed by atoms with Crippen LogP contribution in [-0.2, 0) is 16.0 Å². The summed E-state index contributed by atoms with van der Waals surface area (Å²) in [6, 6.07) is 9.49. The predicted octanol–water partition coefficient (Wildman–Crippen LogP) is 4.22. The molecule has 0 aromatic heterocycles. The van der Waals surface area contributed by atoms with Gasteiger partial charge in [-0.1, -0.05) is 18.2 Å². The van der Waals surface area contributed by atoms with E-state index >= 15 is 0 Å².